The maximum absolute atomic E-state index is 5.77. The summed E-state index contributed by atoms with van der Waals surface area (Å²) >= 11 is 0. The van der Waals surface area contributed by atoms with Gasteiger partial charge in [0, 0.05) is 24.4 Å². The fraction of sp³-hybridized carbons (Fsp3) is 0.389. The molecule has 0 amide bonds. The van der Waals surface area contributed by atoms with Crippen LogP contribution in [0.4, 0.5) is 0 Å². The Morgan fingerprint density at radius 2 is 1.95 bits per heavy atom. The SMILES string of the molecule is CCCNC(C)c1ccc(OCCc2ccccn2)cc1. The van der Waals surface area contributed by atoms with Crippen LogP contribution in [0.15, 0.2) is 48.7 Å². The predicted molar refractivity (Wildman–Crippen MR) is 86.6 cm³/mol. The highest BCUT2D eigenvalue weighted by atomic mass is 16.5. The van der Waals surface area contributed by atoms with E-state index in [-0.39, 0.29) is 0 Å². The quantitative estimate of drug-likeness (QED) is 0.801. The fourth-order valence-electron chi connectivity index (χ4n) is 2.15. The summed E-state index contributed by atoms with van der Waals surface area (Å²) in [6, 6.07) is 14.7. The first-order valence-corrected chi connectivity index (χ1v) is 7.65. The van der Waals surface area contributed by atoms with Gasteiger partial charge in [0.25, 0.3) is 0 Å². The molecule has 0 spiro atoms. The van der Waals surface area contributed by atoms with Crippen molar-refractivity contribution in [3.63, 3.8) is 0 Å². The second-order valence-corrected chi connectivity index (χ2v) is 5.16. The fourth-order valence-corrected chi connectivity index (χ4v) is 2.15. The van der Waals surface area contributed by atoms with Crippen LogP contribution >= 0.6 is 0 Å². The molecule has 1 N–H and O–H groups in total. The van der Waals surface area contributed by atoms with E-state index in [2.05, 4.69) is 36.3 Å². The molecular weight excluding hydrogens is 260 g/mol. The third-order valence-electron chi connectivity index (χ3n) is 3.43. The minimum atomic E-state index is 0.382. The van der Waals surface area contributed by atoms with Gasteiger partial charge < -0.3 is 10.1 Å². The highest BCUT2D eigenvalue weighted by Crippen LogP contribution is 2.17. The van der Waals surface area contributed by atoms with Crippen molar-refractivity contribution in [2.75, 3.05) is 13.2 Å². The molecule has 0 aliphatic carbocycles. The number of nitrogens with zero attached hydrogens (tertiary/aromatic N) is 1. The highest BCUT2D eigenvalue weighted by Gasteiger charge is 2.04. The summed E-state index contributed by atoms with van der Waals surface area (Å²) in [5, 5.41) is 3.48. The number of pyridine rings is 1. The minimum absolute atomic E-state index is 0.382. The number of benzene rings is 1. The molecule has 0 bridgehead atoms. The molecule has 1 aromatic carbocycles. The number of nitrogens with one attached hydrogen (secondary N) is 1. The van der Waals surface area contributed by atoms with Gasteiger partial charge >= 0.3 is 0 Å². The molecule has 0 saturated heterocycles. The van der Waals surface area contributed by atoms with Crippen LogP contribution in [-0.4, -0.2) is 18.1 Å². The van der Waals surface area contributed by atoms with Crippen molar-refractivity contribution in [3.05, 3.63) is 59.9 Å². The van der Waals surface area contributed by atoms with Gasteiger partial charge in [0.1, 0.15) is 5.75 Å². The van der Waals surface area contributed by atoms with Crippen molar-refractivity contribution in [3.8, 4) is 5.75 Å². The van der Waals surface area contributed by atoms with E-state index in [1.165, 1.54) is 5.56 Å². The lowest BCUT2D eigenvalue weighted by Gasteiger charge is -2.14. The summed E-state index contributed by atoms with van der Waals surface area (Å²) < 4.78 is 5.77. The van der Waals surface area contributed by atoms with E-state index in [9.17, 15) is 0 Å². The molecule has 3 nitrogen and oxygen atoms in total. The van der Waals surface area contributed by atoms with Crippen LogP contribution in [0.3, 0.4) is 0 Å². The van der Waals surface area contributed by atoms with E-state index in [0.29, 0.717) is 12.6 Å². The van der Waals surface area contributed by atoms with E-state index < -0.39 is 0 Å². The minimum Gasteiger partial charge on any atom is -0.493 e. The molecule has 1 heterocycles. The van der Waals surface area contributed by atoms with Crippen LogP contribution < -0.4 is 10.1 Å². The number of hydrogen-bond donors (Lipinski definition) is 1. The molecule has 0 aliphatic rings. The normalized spacial score (nSPS) is 12.1. The second kappa shape index (κ2) is 8.42. The molecule has 1 aromatic heterocycles. The van der Waals surface area contributed by atoms with Crippen LogP contribution in [-0.2, 0) is 6.42 Å². The predicted octanol–water partition coefficient (Wildman–Crippen LogP) is 3.76. The Hall–Kier alpha value is -1.87. The Kier molecular flexibility index (Phi) is 6.22. The van der Waals surface area contributed by atoms with Crippen LogP contribution in [0, 0.1) is 0 Å². The summed E-state index contributed by atoms with van der Waals surface area (Å²) in [6.45, 7) is 6.06. The van der Waals surface area contributed by atoms with Gasteiger partial charge in [-0.05, 0) is 49.7 Å². The molecule has 112 valence electrons. The maximum Gasteiger partial charge on any atom is 0.119 e. The van der Waals surface area contributed by atoms with Gasteiger partial charge in [0.15, 0.2) is 0 Å². The van der Waals surface area contributed by atoms with Gasteiger partial charge in [-0.25, -0.2) is 0 Å². The lowest BCUT2D eigenvalue weighted by atomic mass is 10.1. The molecule has 0 fully saturated rings. The second-order valence-electron chi connectivity index (χ2n) is 5.16. The zero-order chi connectivity index (χ0) is 14.9. The smallest absolute Gasteiger partial charge is 0.119 e. The Bertz CT molecular complexity index is 511. The first-order chi connectivity index (χ1) is 10.3. The Morgan fingerprint density at radius 1 is 1.14 bits per heavy atom. The Labute approximate surface area is 127 Å². The summed E-state index contributed by atoms with van der Waals surface area (Å²) in [4.78, 5) is 4.29. The molecule has 2 rings (SSSR count). The monoisotopic (exact) mass is 284 g/mol. The van der Waals surface area contributed by atoms with Crippen molar-refractivity contribution >= 4 is 0 Å². The molecular formula is C18H24N2O. The number of aromatic nitrogens is 1. The topological polar surface area (TPSA) is 34.1 Å². The van der Waals surface area contributed by atoms with Crippen molar-refractivity contribution in [1.82, 2.24) is 10.3 Å². The molecule has 1 unspecified atom stereocenters. The molecule has 1 atom stereocenters. The van der Waals surface area contributed by atoms with Gasteiger partial charge in [0.2, 0.25) is 0 Å². The van der Waals surface area contributed by atoms with Gasteiger partial charge in [-0.2, -0.15) is 0 Å². The molecule has 0 aliphatic heterocycles. The van der Waals surface area contributed by atoms with Crippen molar-refractivity contribution in [2.24, 2.45) is 0 Å². The maximum atomic E-state index is 5.77. The Balaban J connectivity index is 1.79. The summed E-state index contributed by atoms with van der Waals surface area (Å²) in [5.41, 5.74) is 2.35. The van der Waals surface area contributed by atoms with Crippen molar-refractivity contribution < 1.29 is 4.74 Å². The molecule has 3 heteroatoms. The first-order valence-electron chi connectivity index (χ1n) is 7.65. The lowest BCUT2D eigenvalue weighted by Crippen LogP contribution is -2.19. The summed E-state index contributed by atoms with van der Waals surface area (Å²) in [5.74, 6) is 0.914. The van der Waals surface area contributed by atoms with Crippen LogP contribution in [0.2, 0.25) is 0 Å². The summed E-state index contributed by atoms with van der Waals surface area (Å²) in [7, 11) is 0. The third-order valence-corrected chi connectivity index (χ3v) is 3.43. The first kappa shape index (κ1) is 15.5. The lowest BCUT2D eigenvalue weighted by molar-refractivity contribution is 0.320. The van der Waals surface area contributed by atoms with E-state index in [1.807, 2.05) is 36.5 Å². The molecule has 21 heavy (non-hydrogen) atoms. The molecule has 0 saturated carbocycles. The van der Waals surface area contributed by atoms with Crippen molar-refractivity contribution in [2.45, 2.75) is 32.7 Å². The van der Waals surface area contributed by atoms with Gasteiger partial charge in [0.05, 0.1) is 6.61 Å². The molecule has 0 radical (unpaired) electrons. The van der Waals surface area contributed by atoms with Gasteiger partial charge in [-0.15, -0.1) is 0 Å². The van der Waals surface area contributed by atoms with Crippen LogP contribution in [0.5, 0.6) is 5.75 Å². The van der Waals surface area contributed by atoms with Crippen LogP contribution in [0.25, 0.3) is 0 Å². The van der Waals surface area contributed by atoms with E-state index in [4.69, 9.17) is 4.74 Å². The highest BCUT2D eigenvalue weighted by molar-refractivity contribution is 5.29. The van der Waals surface area contributed by atoms with E-state index in [0.717, 1.165) is 30.8 Å². The average Bonchev–Trinajstić information content (AvgIpc) is 2.54. The number of rotatable bonds is 8. The number of hydrogen-bond acceptors (Lipinski definition) is 3. The largest absolute Gasteiger partial charge is 0.493 e. The zero-order valence-electron chi connectivity index (χ0n) is 12.9. The standard InChI is InChI=1S/C18H24N2O/c1-3-12-19-15(2)16-7-9-18(10-8-16)21-14-11-17-6-4-5-13-20-17/h4-10,13,15,19H,3,11-12,14H2,1-2H3. The van der Waals surface area contributed by atoms with Gasteiger partial charge in [-0.1, -0.05) is 25.1 Å². The molecule has 2 aromatic rings. The zero-order valence-corrected chi connectivity index (χ0v) is 12.9. The van der Waals surface area contributed by atoms with Gasteiger partial charge in [-0.3, -0.25) is 4.98 Å². The van der Waals surface area contributed by atoms with Crippen molar-refractivity contribution in [1.29, 1.82) is 0 Å². The Morgan fingerprint density at radius 3 is 2.62 bits per heavy atom. The average molecular weight is 284 g/mol. The summed E-state index contributed by atoms with van der Waals surface area (Å²) in [6.07, 6.45) is 3.80. The van der Waals surface area contributed by atoms with E-state index >= 15 is 0 Å². The van der Waals surface area contributed by atoms with E-state index in [1.54, 1.807) is 0 Å². The van der Waals surface area contributed by atoms with Crippen LogP contribution in [0.1, 0.15) is 37.6 Å². The third kappa shape index (κ3) is 5.20. The number of ether oxygens (including phenoxy) is 1.